The summed E-state index contributed by atoms with van der Waals surface area (Å²) in [4.78, 5) is 2.22. The van der Waals surface area contributed by atoms with Crippen LogP contribution in [0.5, 0.6) is 0 Å². The van der Waals surface area contributed by atoms with Crippen molar-refractivity contribution in [2.24, 2.45) is 5.73 Å². The molecule has 4 heteroatoms. The van der Waals surface area contributed by atoms with Gasteiger partial charge in [0.15, 0.2) is 0 Å². The van der Waals surface area contributed by atoms with E-state index < -0.39 is 0 Å². The third-order valence-corrected chi connectivity index (χ3v) is 3.27. The molecule has 0 unspecified atom stereocenters. The number of H-pyrrole nitrogens is 1. The molecule has 0 aliphatic rings. The second kappa shape index (κ2) is 7.07. The van der Waals surface area contributed by atoms with Gasteiger partial charge in [0.2, 0.25) is 0 Å². The Hall–Kier alpha value is -1.65. The summed E-state index contributed by atoms with van der Waals surface area (Å²) >= 11 is 0. The smallest absolute Gasteiger partial charge is 0.0535 e. The maximum Gasteiger partial charge on any atom is 0.0535 e. The second-order valence-corrected chi connectivity index (χ2v) is 4.89. The van der Waals surface area contributed by atoms with Gasteiger partial charge in [0.25, 0.3) is 0 Å². The maximum absolute atomic E-state index is 5.57. The van der Waals surface area contributed by atoms with Gasteiger partial charge in [-0.05, 0) is 25.5 Å². The largest absolute Gasteiger partial charge is 0.329 e. The summed E-state index contributed by atoms with van der Waals surface area (Å²) in [5, 5.41) is 7.28. The quantitative estimate of drug-likeness (QED) is 0.793. The van der Waals surface area contributed by atoms with Crippen LogP contribution in [0, 0.1) is 0 Å². The summed E-state index contributed by atoms with van der Waals surface area (Å²) in [6.07, 6.45) is 3.96. The standard InChI is InChI=1S/C15H22N4/c1-19(10-9-16)12-14-11-17-18-15(14)8-7-13-5-3-2-4-6-13/h2-6,11H,7-10,12,16H2,1H3,(H,17,18). The molecule has 0 aliphatic heterocycles. The molecule has 0 saturated carbocycles. The topological polar surface area (TPSA) is 57.9 Å². The Kier molecular flexibility index (Phi) is 5.12. The summed E-state index contributed by atoms with van der Waals surface area (Å²) in [7, 11) is 2.08. The summed E-state index contributed by atoms with van der Waals surface area (Å²) in [6, 6.07) is 10.5. The number of rotatable bonds is 7. The number of nitrogens with one attached hydrogen (secondary N) is 1. The molecule has 0 saturated heterocycles. The van der Waals surface area contributed by atoms with Crippen LogP contribution < -0.4 is 5.73 Å². The Bertz CT molecular complexity index is 478. The molecule has 0 aliphatic carbocycles. The molecular weight excluding hydrogens is 236 g/mol. The minimum Gasteiger partial charge on any atom is -0.329 e. The number of nitrogens with zero attached hydrogens (tertiary/aromatic N) is 2. The van der Waals surface area contributed by atoms with Gasteiger partial charge in [-0.15, -0.1) is 0 Å². The van der Waals surface area contributed by atoms with E-state index in [0.717, 1.165) is 25.9 Å². The van der Waals surface area contributed by atoms with Crippen LogP contribution in [0.3, 0.4) is 0 Å². The van der Waals surface area contributed by atoms with Crippen molar-refractivity contribution >= 4 is 0 Å². The van der Waals surface area contributed by atoms with Crippen molar-refractivity contribution in [1.82, 2.24) is 15.1 Å². The monoisotopic (exact) mass is 258 g/mol. The van der Waals surface area contributed by atoms with E-state index in [1.807, 2.05) is 12.3 Å². The highest BCUT2D eigenvalue weighted by molar-refractivity contribution is 5.20. The molecule has 19 heavy (non-hydrogen) atoms. The first-order valence-corrected chi connectivity index (χ1v) is 6.73. The molecule has 1 aromatic heterocycles. The van der Waals surface area contributed by atoms with Crippen LogP contribution >= 0.6 is 0 Å². The van der Waals surface area contributed by atoms with E-state index in [9.17, 15) is 0 Å². The first-order chi connectivity index (χ1) is 9.29. The van der Waals surface area contributed by atoms with Crippen molar-refractivity contribution in [3.63, 3.8) is 0 Å². The second-order valence-electron chi connectivity index (χ2n) is 4.89. The van der Waals surface area contributed by atoms with E-state index in [1.54, 1.807) is 0 Å². The molecular formula is C15H22N4. The van der Waals surface area contributed by atoms with Gasteiger partial charge in [0.05, 0.1) is 6.20 Å². The van der Waals surface area contributed by atoms with E-state index in [1.165, 1.54) is 16.8 Å². The highest BCUT2D eigenvalue weighted by Gasteiger charge is 2.07. The number of nitrogens with two attached hydrogens (primary N) is 1. The van der Waals surface area contributed by atoms with Crippen molar-refractivity contribution in [1.29, 1.82) is 0 Å². The SMILES string of the molecule is CN(CCN)Cc1cn[nH]c1CCc1ccccc1. The van der Waals surface area contributed by atoms with Gasteiger partial charge < -0.3 is 10.6 Å². The Morgan fingerprint density at radius 2 is 2.00 bits per heavy atom. The Balaban J connectivity index is 1.92. The number of aromatic amines is 1. The number of likely N-dealkylation sites (N-methyl/N-ethyl adjacent to an activating group) is 1. The lowest BCUT2D eigenvalue weighted by Crippen LogP contribution is -2.25. The van der Waals surface area contributed by atoms with Crippen molar-refractivity contribution in [2.45, 2.75) is 19.4 Å². The zero-order valence-corrected chi connectivity index (χ0v) is 11.5. The van der Waals surface area contributed by atoms with Gasteiger partial charge in [-0.2, -0.15) is 5.10 Å². The van der Waals surface area contributed by atoms with Crippen molar-refractivity contribution in [3.8, 4) is 0 Å². The first-order valence-electron chi connectivity index (χ1n) is 6.73. The van der Waals surface area contributed by atoms with Crippen LogP contribution in [0.2, 0.25) is 0 Å². The van der Waals surface area contributed by atoms with Crippen LogP contribution in [0.4, 0.5) is 0 Å². The Labute approximate surface area is 114 Å². The summed E-state index contributed by atoms with van der Waals surface area (Å²) < 4.78 is 0. The summed E-state index contributed by atoms with van der Waals surface area (Å²) in [6.45, 7) is 2.49. The van der Waals surface area contributed by atoms with Gasteiger partial charge in [-0.25, -0.2) is 0 Å². The minimum atomic E-state index is 0.688. The van der Waals surface area contributed by atoms with Crippen molar-refractivity contribution in [3.05, 3.63) is 53.3 Å². The summed E-state index contributed by atoms with van der Waals surface area (Å²) in [5.41, 5.74) is 9.43. The predicted octanol–water partition coefficient (Wildman–Crippen LogP) is 1.59. The van der Waals surface area contributed by atoms with E-state index in [2.05, 4.69) is 46.4 Å². The van der Waals surface area contributed by atoms with E-state index in [-0.39, 0.29) is 0 Å². The first kappa shape index (κ1) is 13.8. The highest BCUT2D eigenvalue weighted by Crippen LogP contribution is 2.11. The molecule has 2 aromatic rings. The van der Waals surface area contributed by atoms with Gasteiger partial charge in [0, 0.05) is 30.9 Å². The molecule has 1 aromatic carbocycles. The molecule has 102 valence electrons. The van der Waals surface area contributed by atoms with Crippen molar-refractivity contribution in [2.75, 3.05) is 20.1 Å². The molecule has 4 nitrogen and oxygen atoms in total. The molecule has 0 atom stereocenters. The van der Waals surface area contributed by atoms with Gasteiger partial charge >= 0.3 is 0 Å². The summed E-state index contributed by atoms with van der Waals surface area (Å²) in [5.74, 6) is 0. The predicted molar refractivity (Wildman–Crippen MR) is 77.8 cm³/mol. The van der Waals surface area contributed by atoms with E-state index >= 15 is 0 Å². The Morgan fingerprint density at radius 3 is 2.74 bits per heavy atom. The zero-order chi connectivity index (χ0) is 13.5. The lowest BCUT2D eigenvalue weighted by atomic mass is 10.1. The molecule has 0 radical (unpaired) electrons. The molecule has 0 fully saturated rings. The lowest BCUT2D eigenvalue weighted by Gasteiger charge is -2.15. The number of aryl methyl sites for hydroxylation is 2. The average Bonchev–Trinajstić information content (AvgIpc) is 2.85. The third kappa shape index (κ3) is 4.19. The minimum absolute atomic E-state index is 0.688. The number of hydrogen-bond acceptors (Lipinski definition) is 3. The zero-order valence-electron chi connectivity index (χ0n) is 11.5. The third-order valence-electron chi connectivity index (χ3n) is 3.27. The molecule has 0 bridgehead atoms. The molecule has 0 spiro atoms. The fourth-order valence-corrected chi connectivity index (χ4v) is 2.19. The number of benzene rings is 1. The number of hydrogen-bond donors (Lipinski definition) is 2. The van der Waals surface area contributed by atoms with Crippen LogP contribution in [-0.4, -0.2) is 35.2 Å². The van der Waals surface area contributed by atoms with Crippen LogP contribution in [0.15, 0.2) is 36.5 Å². The van der Waals surface area contributed by atoms with Crippen LogP contribution in [-0.2, 0) is 19.4 Å². The fourth-order valence-electron chi connectivity index (χ4n) is 2.19. The van der Waals surface area contributed by atoms with E-state index in [0.29, 0.717) is 6.54 Å². The number of aromatic nitrogens is 2. The van der Waals surface area contributed by atoms with Gasteiger partial charge in [0.1, 0.15) is 0 Å². The Morgan fingerprint density at radius 1 is 1.21 bits per heavy atom. The highest BCUT2D eigenvalue weighted by atomic mass is 15.1. The molecule has 2 rings (SSSR count). The maximum atomic E-state index is 5.57. The molecule has 3 N–H and O–H groups in total. The lowest BCUT2D eigenvalue weighted by molar-refractivity contribution is 0.335. The van der Waals surface area contributed by atoms with Crippen molar-refractivity contribution < 1.29 is 0 Å². The fraction of sp³-hybridized carbons (Fsp3) is 0.400. The van der Waals surface area contributed by atoms with Gasteiger partial charge in [-0.1, -0.05) is 30.3 Å². The normalized spacial score (nSPS) is 11.1. The molecule has 1 heterocycles. The van der Waals surface area contributed by atoms with Crippen LogP contribution in [0.1, 0.15) is 16.8 Å². The van der Waals surface area contributed by atoms with Gasteiger partial charge in [-0.3, -0.25) is 5.10 Å². The van der Waals surface area contributed by atoms with Crippen LogP contribution in [0.25, 0.3) is 0 Å². The van der Waals surface area contributed by atoms with E-state index in [4.69, 9.17) is 5.73 Å². The molecule has 0 amide bonds. The average molecular weight is 258 g/mol.